The van der Waals surface area contributed by atoms with Crippen LogP contribution in [0.4, 0.5) is 11.5 Å². The van der Waals surface area contributed by atoms with Crippen LogP contribution in [0.15, 0.2) is 42.9 Å². The lowest BCUT2D eigenvalue weighted by Gasteiger charge is -2.19. The van der Waals surface area contributed by atoms with Gasteiger partial charge in [-0.2, -0.15) is 5.26 Å². The molecular weight excluding hydrogens is 461 g/mol. The van der Waals surface area contributed by atoms with Gasteiger partial charge in [0.15, 0.2) is 6.23 Å². The average molecular weight is 482 g/mol. The van der Waals surface area contributed by atoms with E-state index in [4.69, 9.17) is 44.8 Å². The number of nitrogens with one attached hydrogen (secondary N) is 1. The Labute approximate surface area is 201 Å². The fourth-order valence-corrected chi connectivity index (χ4v) is 4.32. The molecule has 168 valence electrons. The van der Waals surface area contributed by atoms with Gasteiger partial charge < -0.3 is 15.4 Å². The summed E-state index contributed by atoms with van der Waals surface area (Å²) in [6.45, 7) is 1.74. The molecule has 1 saturated heterocycles. The van der Waals surface area contributed by atoms with E-state index in [1.807, 2.05) is 0 Å². The second-order valence-corrected chi connectivity index (χ2v) is 8.39. The summed E-state index contributed by atoms with van der Waals surface area (Å²) in [4.78, 5) is 10.5. The van der Waals surface area contributed by atoms with Crippen LogP contribution in [0.5, 0.6) is 5.75 Å². The van der Waals surface area contributed by atoms with Crippen LogP contribution in [0.3, 0.4) is 0 Å². The van der Waals surface area contributed by atoms with Gasteiger partial charge in [-0.1, -0.05) is 23.2 Å². The van der Waals surface area contributed by atoms with Crippen molar-refractivity contribution in [3.8, 4) is 11.8 Å². The number of benzene rings is 1. The van der Waals surface area contributed by atoms with Crippen LogP contribution in [-0.2, 0) is 0 Å². The predicted molar refractivity (Wildman–Crippen MR) is 129 cm³/mol. The number of halogens is 2. The van der Waals surface area contributed by atoms with E-state index < -0.39 is 6.23 Å². The minimum absolute atomic E-state index is 0.114. The molecule has 8 nitrogen and oxygen atoms in total. The Hall–Kier alpha value is -3.38. The molecule has 0 spiro atoms. The van der Waals surface area contributed by atoms with Crippen LogP contribution in [0.1, 0.15) is 41.3 Å². The summed E-state index contributed by atoms with van der Waals surface area (Å²) < 4.78 is 5.83. The second kappa shape index (κ2) is 9.63. The van der Waals surface area contributed by atoms with Crippen molar-refractivity contribution in [1.82, 2.24) is 9.97 Å². The number of anilines is 2. The topological polar surface area (TPSA) is 138 Å². The number of nitriles is 1. The monoisotopic (exact) mass is 481 g/mol. The number of hydrogen-bond acceptors (Lipinski definition) is 8. The van der Waals surface area contributed by atoms with E-state index in [1.54, 1.807) is 30.5 Å². The van der Waals surface area contributed by atoms with Crippen molar-refractivity contribution < 1.29 is 4.74 Å². The van der Waals surface area contributed by atoms with Gasteiger partial charge in [-0.05, 0) is 37.1 Å². The lowest BCUT2D eigenvalue weighted by atomic mass is 10.0. The first-order chi connectivity index (χ1) is 15.9. The summed E-state index contributed by atoms with van der Waals surface area (Å²) >= 11 is 12.3. The molecule has 1 atom stereocenters. The number of ether oxygens (including phenoxy) is 1. The summed E-state index contributed by atoms with van der Waals surface area (Å²) in [5.74, 6) is 1.02. The Morgan fingerprint density at radius 1 is 1.15 bits per heavy atom. The van der Waals surface area contributed by atoms with E-state index in [-0.39, 0.29) is 15.8 Å². The zero-order chi connectivity index (χ0) is 23.5. The summed E-state index contributed by atoms with van der Waals surface area (Å²) in [6, 6.07) is 8.74. The minimum atomic E-state index is -0.953. The van der Waals surface area contributed by atoms with E-state index in [0.29, 0.717) is 39.5 Å². The molecule has 2 aromatic heterocycles. The maximum Gasteiger partial charge on any atom is 0.177 e. The largest absolute Gasteiger partial charge is 0.471 e. The molecule has 5 N–H and O–H groups in total. The van der Waals surface area contributed by atoms with Crippen molar-refractivity contribution in [1.29, 1.82) is 10.7 Å². The first-order valence-electron chi connectivity index (χ1n) is 10.2. The number of nitrogens with two attached hydrogens (primary N) is 2. The lowest BCUT2D eigenvalue weighted by Crippen LogP contribution is -2.21. The Morgan fingerprint density at radius 3 is 2.52 bits per heavy atom. The highest BCUT2D eigenvalue weighted by atomic mass is 35.5. The van der Waals surface area contributed by atoms with Gasteiger partial charge in [0.2, 0.25) is 0 Å². The Morgan fingerprint density at radius 2 is 1.85 bits per heavy atom. The Kier molecular flexibility index (Phi) is 6.65. The molecule has 10 heteroatoms. The first-order valence-corrected chi connectivity index (χ1v) is 11.0. The van der Waals surface area contributed by atoms with Gasteiger partial charge in [0, 0.05) is 54.1 Å². The molecule has 1 aliphatic rings. The molecule has 0 amide bonds. The molecule has 0 bridgehead atoms. The van der Waals surface area contributed by atoms with Crippen LogP contribution < -0.4 is 21.1 Å². The second-order valence-electron chi connectivity index (χ2n) is 7.58. The van der Waals surface area contributed by atoms with E-state index in [1.165, 1.54) is 12.4 Å². The molecule has 33 heavy (non-hydrogen) atoms. The van der Waals surface area contributed by atoms with Crippen molar-refractivity contribution in [3.05, 3.63) is 75.2 Å². The smallest absolute Gasteiger partial charge is 0.177 e. The van der Waals surface area contributed by atoms with E-state index in [2.05, 4.69) is 20.9 Å². The molecule has 0 saturated carbocycles. The van der Waals surface area contributed by atoms with Crippen molar-refractivity contribution in [2.75, 3.05) is 23.7 Å². The highest BCUT2D eigenvalue weighted by Gasteiger charge is 2.20. The fourth-order valence-electron chi connectivity index (χ4n) is 3.74. The van der Waals surface area contributed by atoms with Gasteiger partial charge in [0.1, 0.15) is 17.6 Å². The molecule has 3 heterocycles. The standard InChI is InChI=1S/C23H21Cl2N7O/c24-17-11-30-12-18(25)20(17)22(29)33-15-3-4-19(27)16(8-15)21(28)14-7-13(9-26)23(31-10-14)32-5-1-2-6-32/h3-4,7-8,10-12,22,28H,1-2,5-6,27,29H2/t22-/m0/s1. The van der Waals surface area contributed by atoms with Crippen molar-refractivity contribution >= 4 is 40.4 Å². The molecule has 4 rings (SSSR count). The lowest BCUT2D eigenvalue weighted by molar-refractivity contribution is 0.214. The first kappa shape index (κ1) is 22.8. The SMILES string of the molecule is N#Cc1cc(C(=N)c2cc(O[C@H](N)c3c(Cl)cncc3Cl)ccc2N)cnc1N1CCCC1. The van der Waals surface area contributed by atoms with Crippen molar-refractivity contribution in [3.63, 3.8) is 0 Å². The van der Waals surface area contributed by atoms with Gasteiger partial charge >= 0.3 is 0 Å². The molecule has 1 aliphatic heterocycles. The van der Waals surface area contributed by atoms with Crippen LogP contribution in [0.25, 0.3) is 0 Å². The molecule has 0 unspecified atom stereocenters. The summed E-state index contributed by atoms with van der Waals surface area (Å²) in [7, 11) is 0. The zero-order valence-electron chi connectivity index (χ0n) is 17.6. The van der Waals surface area contributed by atoms with E-state index >= 15 is 0 Å². The average Bonchev–Trinajstić information content (AvgIpc) is 3.34. The number of pyridine rings is 2. The number of hydrogen-bond donors (Lipinski definition) is 3. The van der Waals surface area contributed by atoms with Gasteiger partial charge in [0.25, 0.3) is 0 Å². The normalized spacial score (nSPS) is 14.1. The van der Waals surface area contributed by atoms with Crippen LogP contribution >= 0.6 is 23.2 Å². The number of rotatable bonds is 6. The maximum absolute atomic E-state index is 9.63. The van der Waals surface area contributed by atoms with Gasteiger partial charge in [-0.15, -0.1) is 0 Å². The van der Waals surface area contributed by atoms with Gasteiger partial charge in [-0.25, -0.2) is 4.98 Å². The third kappa shape index (κ3) is 4.71. The van der Waals surface area contributed by atoms with Crippen molar-refractivity contribution in [2.24, 2.45) is 5.73 Å². The molecule has 1 aromatic carbocycles. The third-order valence-corrected chi connectivity index (χ3v) is 6.02. The van der Waals surface area contributed by atoms with Gasteiger partial charge in [0.05, 0.1) is 21.3 Å². The molecule has 0 aliphatic carbocycles. The number of nitrogens with zero attached hydrogens (tertiary/aromatic N) is 4. The van der Waals surface area contributed by atoms with E-state index in [9.17, 15) is 5.26 Å². The van der Waals surface area contributed by atoms with Crippen LogP contribution in [0.2, 0.25) is 10.0 Å². The quantitative estimate of drug-likeness (QED) is 0.271. The number of nitrogen functional groups attached to an aromatic ring is 1. The zero-order valence-corrected chi connectivity index (χ0v) is 19.1. The highest BCUT2D eigenvalue weighted by molar-refractivity contribution is 6.35. The van der Waals surface area contributed by atoms with Crippen molar-refractivity contribution in [2.45, 2.75) is 19.1 Å². The Bertz CT molecular complexity index is 1230. The summed E-state index contributed by atoms with van der Waals surface area (Å²) in [5.41, 5.74) is 14.5. The van der Waals surface area contributed by atoms with Crippen LogP contribution in [-0.4, -0.2) is 28.8 Å². The molecule has 1 fully saturated rings. The van der Waals surface area contributed by atoms with E-state index in [0.717, 1.165) is 25.9 Å². The van der Waals surface area contributed by atoms with Gasteiger partial charge in [-0.3, -0.25) is 16.1 Å². The predicted octanol–water partition coefficient (Wildman–Crippen LogP) is 4.29. The Balaban J connectivity index is 1.61. The summed E-state index contributed by atoms with van der Waals surface area (Å²) in [5, 5.41) is 18.9. The minimum Gasteiger partial charge on any atom is -0.471 e. The molecule has 0 radical (unpaired) electrons. The fraction of sp³-hybridized carbons (Fsp3) is 0.217. The molecular formula is C23H21Cl2N7O. The summed E-state index contributed by atoms with van der Waals surface area (Å²) in [6.07, 6.45) is 5.65. The highest BCUT2D eigenvalue weighted by Crippen LogP contribution is 2.31. The molecule has 3 aromatic rings. The third-order valence-electron chi connectivity index (χ3n) is 5.41. The number of aromatic nitrogens is 2. The maximum atomic E-state index is 9.63. The van der Waals surface area contributed by atoms with Crippen LogP contribution in [0, 0.1) is 16.7 Å².